The molecule has 0 saturated carbocycles. The third-order valence-electron chi connectivity index (χ3n) is 2.57. The molecule has 2 aliphatic rings. The first kappa shape index (κ1) is 15.8. The van der Waals surface area contributed by atoms with Gasteiger partial charge in [-0.1, -0.05) is 59.2 Å². The second kappa shape index (κ2) is 8.53. The number of rotatable bonds is 1. The molecule has 0 radical (unpaired) electrons. The molecule has 0 amide bonds. The molecule has 4 heterocycles. The van der Waals surface area contributed by atoms with Crippen LogP contribution in [0.4, 0.5) is 0 Å². The minimum Gasteiger partial charge on any atom is -0.255 e. The Morgan fingerprint density at radius 2 is 0.955 bits per heavy atom. The van der Waals surface area contributed by atoms with E-state index >= 15 is 0 Å². The molecule has 4 rings (SSSR count). The summed E-state index contributed by atoms with van der Waals surface area (Å²) in [4.78, 5) is 8.37. The van der Waals surface area contributed by atoms with E-state index in [1.165, 1.54) is 8.47 Å². The largest absolute Gasteiger partial charge is 0.255 e. The van der Waals surface area contributed by atoms with Crippen LogP contribution in [0.1, 0.15) is 0 Å². The predicted octanol–water partition coefficient (Wildman–Crippen LogP) is 6.16. The predicted molar refractivity (Wildman–Crippen MR) is 103 cm³/mol. The van der Waals surface area contributed by atoms with Gasteiger partial charge in [-0.2, -0.15) is 0 Å². The zero-order valence-electron chi connectivity index (χ0n) is 11.5. The van der Waals surface area contributed by atoms with E-state index in [2.05, 4.69) is 31.6 Å². The highest BCUT2D eigenvalue weighted by Crippen LogP contribution is 2.50. The van der Waals surface area contributed by atoms with Crippen molar-refractivity contribution in [1.82, 2.24) is 9.97 Å². The summed E-state index contributed by atoms with van der Waals surface area (Å²) in [5, 5.41) is 8.53. The maximum atomic E-state index is 4.19. The molecule has 0 fully saturated rings. The van der Waals surface area contributed by atoms with Crippen molar-refractivity contribution < 1.29 is 0 Å². The molecule has 0 bridgehead atoms. The maximum Gasteiger partial charge on any atom is 0.0886 e. The fraction of sp³-hybridized carbons (Fsp3) is 0. The molecule has 0 saturated heterocycles. The third-order valence-corrected chi connectivity index (χ3v) is 7.35. The van der Waals surface area contributed by atoms with Crippen LogP contribution in [0.3, 0.4) is 0 Å². The van der Waals surface area contributed by atoms with Gasteiger partial charge in [-0.15, -0.1) is 0 Å². The normalized spacial score (nSPS) is 15.8. The standard InChI is InChI=1S/C10H8N2.C6H4S4/c1-3-7-11-9(5-1)10-6-2-4-8-12-10;1-2-8-5(7-1)6-9-3-4-10-6/h1-8H;1-4H. The van der Waals surface area contributed by atoms with Gasteiger partial charge in [0.25, 0.3) is 0 Å². The van der Waals surface area contributed by atoms with Crippen LogP contribution in [0.5, 0.6) is 0 Å². The molecule has 0 atom stereocenters. The Bertz CT molecular complexity index is 615. The lowest BCUT2D eigenvalue weighted by molar-refractivity contribution is 1.25. The van der Waals surface area contributed by atoms with Crippen molar-refractivity contribution in [1.29, 1.82) is 0 Å². The number of nitrogens with zero attached hydrogens (tertiary/aromatic N) is 2. The van der Waals surface area contributed by atoms with Crippen LogP contribution < -0.4 is 0 Å². The van der Waals surface area contributed by atoms with Crippen molar-refractivity contribution in [3.8, 4) is 11.4 Å². The van der Waals surface area contributed by atoms with Crippen LogP contribution in [0, 0.1) is 0 Å². The van der Waals surface area contributed by atoms with E-state index in [-0.39, 0.29) is 0 Å². The molecule has 22 heavy (non-hydrogen) atoms. The SMILES string of the molecule is C1=CSC(=C2SC=CS2)S1.c1ccc(-c2ccccn2)nc1. The van der Waals surface area contributed by atoms with Gasteiger partial charge in [-0.3, -0.25) is 9.97 Å². The van der Waals surface area contributed by atoms with Crippen LogP contribution >= 0.6 is 47.0 Å². The number of thioether (sulfide) groups is 4. The molecule has 0 spiro atoms. The molecule has 0 aliphatic carbocycles. The topological polar surface area (TPSA) is 25.8 Å². The highest BCUT2D eigenvalue weighted by molar-refractivity contribution is 8.33. The van der Waals surface area contributed by atoms with Gasteiger partial charge in [0.05, 0.1) is 19.9 Å². The summed E-state index contributed by atoms with van der Waals surface area (Å²) < 4.78 is 2.86. The van der Waals surface area contributed by atoms with Crippen LogP contribution in [-0.4, -0.2) is 9.97 Å². The average Bonchev–Trinajstić information content (AvgIpc) is 3.30. The summed E-state index contributed by atoms with van der Waals surface area (Å²) in [5.41, 5.74) is 1.83. The minimum atomic E-state index is 0.915. The molecule has 0 aromatic carbocycles. The molecule has 2 aliphatic heterocycles. The number of aromatic nitrogens is 2. The van der Waals surface area contributed by atoms with Crippen LogP contribution in [0.15, 0.2) is 78.9 Å². The fourth-order valence-corrected chi connectivity index (χ4v) is 5.67. The third kappa shape index (κ3) is 4.46. The lowest BCUT2D eigenvalue weighted by Gasteiger charge is -1.97. The highest BCUT2D eigenvalue weighted by atomic mass is 32.2. The molecule has 2 aromatic heterocycles. The first-order chi connectivity index (χ1) is 10.9. The molecule has 110 valence electrons. The molecular weight excluding hydrogens is 348 g/mol. The zero-order valence-corrected chi connectivity index (χ0v) is 14.7. The van der Waals surface area contributed by atoms with Gasteiger partial charge in [-0.25, -0.2) is 0 Å². The van der Waals surface area contributed by atoms with E-state index in [1.807, 2.05) is 83.4 Å². The van der Waals surface area contributed by atoms with E-state index in [1.54, 1.807) is 12.4 Å². The van der Waals surface area contributed by atoms with E-state index < -0.39 is 0 Å². The maximum absolute atomic E-state index is 4.19. The Morgan fingerprint density at radius 1 is 0.545 bits per heavy atom. The highest BCUT2D eigenvalue weighted by Gasteiger charge is 2.12. The Morgan fingerprint density at radius 3 is 1.27 bits per heavy atom. The van der Waals surface area contributed by atoms with Gasteiger partial charge in [0.15, 0.2) is 0 Å². The Kier molecular flexibility index (Phi) is 6.12. The van der Waals surface area contributed by atoms with Crippen molar-refractivity contribution in [2.24, 2.45) is 0 Å². The van der Waals surface area contributed by atoms with Crippen molar-refractivity contribution in [2.45, 2.75) is 0 Å². The zero-order chi connectivity index (χ0) is 15.0. The second-order valence-electron chi connectivity index (χ2n) is 4.02. The van der Waals surface area contributed by atoms with Crippen LogP contribution in [0.2, 0.25) is 0 Å². The molecule has 2 aromatic rings. The number of hydrogen-bond acceptors (Lipinski definition) is 6. The molecule has 6 heteroatoms. The summed E-state index contributed by atoms with van der Waals surface area (Å²) in [6, 6.07) is 11.6. The van der Waals surface area contributed by atoms with E-state index in [0.29, 0.717) is 0 Å². The van der Waals surface area contributed by atoms with Crippen LogP contribution in [-0.2, 0) is 0 Å². The summed E-state index contributed by atoms with van der Waals surface area (Å²) in [6.07, 6.45) is 3.54. The van der Waals surface area contributed by atoms with Gasteiger partial charge in [-0.05, 0) is 45.9 Å². The summed E-state index contributed by atoms with van der Waals surface area (Å²) >= 11 is 7.28. The lowest BCUT2D eigenvalue weighted by atomic mass is 10.2. The molecular formula is C16H12N2S4. The quantitative estimate of drug-likeness (QED) is 0.604. The van der Waals surface area contributed by atoms with Gasteiger partial charge >= 0.3 is 0 Å². The fourth-order valence-electron chi connectivity index (χ4n) is 1.63. The minimum absolute atomic E-state index is 0.915. The summed E-state index contributed by atoms with van der Waals surface area (Å²) in [6.45, 7) is 0. The average molecular weight is 361 g/mol. The van der Waals surface area contributed by atoms with Crippen molar-refractivity contribution in [3.05, 3.63) is 78.9 Å². The van der Waals surface area contributed by atoms with Gasteiger partial charge in [0, 0.05) is 12.4 Å². The van der Waals surface area contributed by atoms with Gasteiger partial charge in [0.1, 0.15) is 0 Å². The van der Waals surface area contributed by atoms with E-state index in [9.17, 15) is 0 Å². The number of hydrogen-bond donors (Lipinski definition) is 0. The lowest BCUT2D eigenvalue weighted by Crippen LogP contribution is -1.83. The monoisotopic (exact) mass is 360 g/mol. The first-order valence-electron chi connectivity index (χ1n) is 6.47. The van der Waals surface area contributed by atoms with Crippen molar-refractivity contribution in [3.63, 3.8) is 0 Å². The van der Waals surface area contributed by atoms with Gasteiger partial charge < -0.3 is 0 Å². The van der Waals surface area contributed by atoms with Crippen molar-refractivity contribution >= 4 is 47.0 Å². The first-order valence-corrected chi connectivity index (χ1v) is 9.99. The Hall–Kier alpha value is -1.08. The molecule has 0 unspecified atom stereocenters. The Balaban J connectivity index is 0.000000133. The van der Waals surface area contributed by atoms with Gasteiger partial charge in [0.2, 0.25) is 0 Å². The summed E-state index contributed by atoms with van der Waals surface area (Å²) in [5.74, 6) is 0. The molecule has 0 N–H and O–H groups in total. The van der Waals surface area contributed by atoms with Crippen molar-refractivity contribution in [2.75, 3.05) is 0 Å². The second-order valence-corrected chi connectivity index (χ2v) is 8.20. The number of pyridine rings is 2. The summed E-state index contributed by atoms with van der Waals surface area (Å²) in [7, 11) is 0. The molecule has 2 nitrogen and oxygen atoms in total. The van der Waals surface area contributed by atoms with E-state index in [4.69, 9.17) is 0 Å². The van der Waals surface area contributed by atoms with E-state index in [0.717, 1.165) is 11.4 Å². The Labute approximate surface area is 147 Å². The van der Waals surface area contributed by atoms with Crippen LogP contribution in [0.25, 0.3) is 11.4 Å². The smallest absolute Gasteiger partial charge is 0.0886 e.